The van der Waals surface area contributed by atoms with Gasteiger partial charge in [0.15, 0.2) is 0 Å². The van der Waals surface area contributed by atoms with E-state index in [0.29, 0.717) is 5.41 Å². The predicted molar refractivity (Wildman–Crippen MR) is 140 cm³/mol. The van der Waals surface area contributed by atoms with Gasteiger partial charge >= 0.3 is 0 Å². The average molecular weight is 452 g/mol. The number of piperazine rings is 1. The van der Waals surface area contributed by atoms with E-state index in [1.54, 1.807) is 5.57 Å². The van der Waals surface area contributed by atoms with Crippen LogP contribution >= 0.6 is 0 Å². The summed E-state index contributed by atoms with van der Waals surface area (Å²) < 4.78 is 5.62. The van der Waals surface area contributed by atoms with Crippen LogP contribution < -0.4 is 9.80 Å². The fourth-order valence-electron chi connectivity index (χ4n) is 6.64. The first-order chi connectivity index (χ1) is 16.3. The van der Waals surface area contributed by atoms with Gasteiger partial charge in [0.05, 0.1) is 13.2 Å². The zero-order valence-electron chi connectivity index (χ0n) is 21.0. The molecule has 1 saturated carbocycles. The molecule has 4 heteroatoms. The summed E-state index contributed by atoms with van der Waals surface area (Å²) in [7, 11) is 0. The van der Waals surface area contributed by atoms with E-state index < -0.39 is 0 Å². The highest BCUT2D eigenvalue weighted by Crippen LogP contribution is 2.50. The van der Waals surface area contributed by atoms with Crippen molar-refractivity contribution < 1.29 is 4.74 Å². The van der Waals surface area contributed by atoms with Crippen LogP contribution in [0.1, 0.15) is 76.7 Å². The van der Waals surface area contributed by atoms with Crippen LogP contribution in [0.4, 0.5) is 11.4 Å². The Morgan fingerprint density at radius 1 is 0.879 bits per heavy atom. The molecule has 2 aliphatic carbocycles. The zero-order chi connectivity index (χ0) is 22.5. The van der Waals surface area contributed by atoms with Gasteiger partial charge in [-0.15, -0.1) is 0 Å². The summed E-state index contributed by atoms with van der Waals surface area (Å²) >= 11 is 0. The van der Waals surface area contributed by atoms with Crippen LogP contribution in [0.25, 0.3) is 5.57 Å². The number of hydrogen-bond donors (Lipinski definition) is 0. The lowest BCUT2D eigenvalue weighted by atomic mass is 9.72. The Kier molecular flexibility index (Phi) is 7.62. The van der Waals surface area contributed by atoms with Gasteiger partial charge in [-0.05, 0) is 74.3 Å². The monoisotopic (exact) mass is 451 g/mol. The SMILES string of the molecule is CCCCCN1CCN(c2ccc(N3CCOCC3)cc2C2=CCC3(CCCC3)CC2)CC1. The molecule has 182 valence electrons. The van der Waals surface area contributed by atoms with E-state index >= 15 is 0 Å². The second kappa shape index (κ2) is 10.8. The number of anilines is 2. The molecule has 0 N–H and O–H groups in total. The fraction of sp³-hybridized carbons (Fsp3) is 0.724. The minimum atomic E-state index is 0.635. The van der Waals surface area contributed by atoms with Gasteiger partial charge in [0.1, 0.15) is 0 Å². The molecule has 0 bridgehead atoms. The Hall–Kier alpha value is -1.52. The number of rotatable bonds is 7. The summed E-state index contributed by atoms with van der Waals surface area (Å²) in [6.07, 6.45) is 16.4. The number of hydrogen-bond acceptors (Lipinski definition) is 4. The molecule has 4 aliphatic rings. The Balaban J connectivity index is 1.35. The second-order valence-corrected chi connectivity index (χ2v) is 11.0. The first kappa shape index (κ1) is 23.2. The molecule has 4 nitrogen and oxygen atoms in total. The molecule has 5 rings (SSSR count). The summed E-state index contributed by atoms with van der Waals surface area (Å²) in [5, 5.41) is 0. The van der Waals surface area contributed by atoms with Crippen LogP contribution in [0.3, 0.4) is 0 Å². The number of ether oxygens (including phenoxy) is 1. The van der Waals surface area contributed by atoms with Gasteiger partial charge in [0.2, 0.25) is 0 Å². The molecular formula is C29H45N3O. The molecule has 33 heavy (non-hydrogen) atoms. The van der Waals surface area contributed by atoms with Crippen LogP contribution in [0.15, 0.2) is 24.3 Å². The van der Waals surface area contributed by atoms with Crippen LogP contribution in [-0.2, 0) is 4.74 Å². The lowest BCUT2D eigenvalue weighted by molar-refractivity contribution is 0.122. The molecule has 1 aromatic rings. The average Bonchev–Trinajstić information content (AvgIpc) is 3.33. The maximum absolute atomic E-state index is 5.62. The van der Waals surface area contributed by atoms with Crippen molar-refractivity contribution in [3.05, 3.63) is 29.8 Å². The molecule has 0 radical (unpaired) electrons. The van der Waals surface area contributed by atoms with E-state index in [2.05, 4.69) is 45.9 Å². The highest BCUT2D eigenvalue weighted by Gasteiger charge is 2.35. The third kappa shape index (κ3) is 5.43. The van der Waals surface area contributed by atoms with Crippen molar-refractivity contribution >= 4 is 16.9 Å². The zero-order valence-corrected chi connectivity index (χ0v) is 21.0. The van der Waals surface area contributed by atoms with Gasteiger partial charge in [-0.3, -0.25) is 4.90 Å². The lowest BCUT2D eigenvalue weighted by Crippen LogP contribution is -2.47. The lowest BCUT2D eigenvalue weighted by Gasteiger charge is -2.39. The molecule has 0 amide bonds. The summed E-state index contributed by atoms with van der Waals surface area (Å²) in [5.74, 6) is 0. The van der Waals surface area contributed by atoms with Gasteiger partial charge in [-0.25, -0.2) is 0 Å². The molecule has 0 atom stereocenters. The molecule has 1 aromatic carbocycles. The maximum atomic E-state index is 5.62. The number of allylic oxidation sites excluding steroid dienone is 2. The number of morpholine rings is 1. The topological polar surface area (TPSA) is 19.0 Å². The Bertz CT molecular complexity index is 799. The predicted octanol–water partition coefficient (Wildman–Crippen LogP) is 5.96. The van der Waals surface area contributed by atoms with Gasteiger partial charge in [0.25, 0.3) is 0 Å². The highest BCUT2D eigenvalue weighted by atomic mass is 16.5. The number of benzene rings is 1. The van der Waals surface area contributed by atoms with Gasteiger partial charge in [0, 0.05) is 56.2 Å². The Morgan fingerprint density at radius 3 is 2.36 bits per heavy atom. The van der Waals surface area contributed by atoms with Crippen molar-refractivity contribution in [2.24, 2.45) is 5.41 Å². The van der Waals surface area contributed by atoms with Crippen molar-refractivity contribution in [2.45, 2.75) is 71.1 Å². The van der Waals surface area contributed by atoms with Crippen LogP contribution in [-0.4, -0.2) is 63.9 Å². The quantitative estimate of drug-likeness (QED) is 0.476. The van der Waals surface area contributed by atoms with Crippen LogP contribution in [0, 0.1) is 5.41 Å². The molecule has 0 unspecified atom stereocenters. The van der Waals surface area contributed by atoms with Crippen molar-refractivity contribution in [2.75, 3.05) is 68.8 Å². The van der Waals surface area contributed by atoms with Crippen LogP contribution in [0.5, 0.6) is 0 Å². The molecular weight excluding hydrogens is 406 g/mol. The van der Waals surface area contributed by atoms with Crippen LogP contribution in [0.2, 0.25) is 0 Å². The summed E-state index contributed by atoms with van der Waals surface area (Å²) in [6, 6.07) is 7.33. The number of unbranched alkanes of at least 4 members (excludes halogenated alkanes) is 2. The molecule has 2 aliphatic heterocycles. The largest absolute Gasteiger partial charge is 0.378 e. The van der Waals surface area contributed by atoms with E-state index in [-0.39, 0.29) is 0 Å². The molecule has 2 saturated heterocycles. The Labute approximate surface area is 202 Å². The van der Waals surface area contributed by atoms with E-state index in [9.17, 15) is 0 Å². The summed E-state index contributed by atoms with van der Waals surface area (Å²) in [4.78, 5) is 7.87. The molecule has 3 fully saturated rings. The molecule has 1 spiro atoms. The Morgan fingerprint density at radius 2 is 1.67 bits per heavy atom. The normalized spacial score (nSPS) is 23.8. The number of nitrogens with zero attached hydrogens (tertiary/aromatic N) is 3. The molecule has 2 heterocycles. The standard InChI is InChI=1S/C29H45N3O/c1-2-3-6-15-30-16-18-32(19-17-30)28-8-7-26(31-20-22-33-23-21-31)24-27(28)25-9-13-29(14-10-25)11-4-5-12-29/h7-9,24H,2-6,10-23H2,1H3. The minimum Gasteiger partial charge on any atom is -0.378 e. The van der Waals surface area contributed by atoms with E-state index in [1.165, 1.54) is 101 Å². The smallest absolute Gasteiger partial charge is 0.0642 e. The van der Waals surface area contributed by atoms with Crippen molar-refractivity contribution in [1.29, 1.82) is 0 Å². The van der Waals surface area contributed by atoms with Gasteiger partial charge < -0.3 is 14.5 Å². The van der Waals surface area contributed by atoms with E-state index in [4.69, 9.17) is 4.74 Å². The highest BCUT2D eigenvalue weighted by molar-refractivity contribution is 5.80. The summed E-state index contributed by atoms with van der Waals surface area (Å²) in [5.41, 5.74) is 6.63. The molecule has 0 aromatic heterocycles. The summed E-state index contributed by atoms with van der Waals surface area (Å²) in [6.45, 7) is 12.0. The minimum absolute atomic E-state index is 0.635. The van der Waals surface area contributed by atoms with E-state index in [0.717, 1.165) is 39.4 Å². The van der Waals surface area contributed by atoms with Gasteiger partial charge in [-0.2, -0.15) is 0 Å². The van der Waals surface area contributed by atoms with Crippen molar-refractivity contribution in [3.63, 3.8) is 0 Å². The van der Waals surface area contributed by atoms with Crippen molar-refractivity contribution in [3.8, 4) is 0 Å². The van der Waals surface area contributed by atoms with Crippen molar-refractivity contribution in [1.82, 2.24) is 4.90 Å². The first-order valence-corrected chi connectivity index (χ1v) is 13.9. The first-order valence-electron chi connectivity index (χ1n) is 13.9. The van der Waals surface area contributed by atoms with Gasteiger partial charge in [-0.1, -0.05) is 38.7 Å². The maximum Gasteiger partial charge on any atom is 0.0642 e. The fourth-order valence-corrected chi connectivity index (χ4v) is 6.64. The third-order valence-electron chi connectivity index (χ3n) is 8.86. The third-order valence-corrected chi connectivity index (χ3v) is 8.86. The second-order valence-electron chi connectivity index (χ2n) is 11.0. The van der Waals surface area contributed by atoms with E-state index in [1.807, 2.05) is 0 Å².